The molecule has 0 spiro atoms. The molecule has 0 radical (unpaired) electrons. The predicted octanol–water partition coefficient (Wildman–Crippen LogP) is 1.90. The van der Waals surface area contributed by atoms with Gasteiger partial charge in [0.2, 0.25) is 0 Å². The van der Waals surface area contributed by atoms with Crippen LogP contribution in [0, 0.1) is 0 Å². The van der Waals surface area contributed by atoms with E-state index in [1.54, 1.807) is 31.2 Å². The summed E-state index contributed by atoms with van der Waals surface area (Å²) >= 11 is 6.00. The van der Waals surface area contributed by atoms with E-state index in [4.69, 9.17) is 22.1 Å². The van der Waals surface area contributed by atoms with Crippen LogP contribution in [0.4, 0.5) is 4.79 Å². The number of hydrogen-bond donors (Lipinski definition) is 2. The largest absolute Gasteiger partial charge is 0.449 e. The molecule has 3 N–H and O–H groups in total. The van der Waals surface area contributed by atoms with Crippen LogP contribution in [-0.2, 0) is 4.74 Å². The maximum Gasteiger partial charge on any atom is 0.404 e. The molecule has 0 saturated carbocycles. The van der Waals surface area contributed by atoms with Crippen molar-refractivity contribution >= 4 is 17.7 Å². The normalized spacial score (nSPS) is 14.2. The first kappa shape index (κ1) is 12.8. The SMILES string of the molecule is C[C@@H](O)[C@@H](COC(N)=O)c1ccccc1Cl. The van der Waals surface area contributed by atoms with E-state index in [0.29, 0.717) is 5.02 Å². The zero-order chi connectivity index (χ0) is 12.1. The van der Waals surface area contributed by atoms with Crippen LogP contribution in [-0.4, -0.2) is 23.9 Å². The molecular weight excluding hydrogens is 230 g/mol. The van der Waals surface area contributed by atoms with Crippen molar-refractivity contribution in [3.05, 3.63) is 34.9 Å². The summed E-state index contributed by atoms with van der Waals surface area (Å²) in [6, 6.07) is 7.10. The summed E-state index contributed by atoms with van der Waals surface area (Å²) in [4.78, 5) is 10.5. The minimum atomic E-state index is -0.863. The number of carbonyl (C=O) groups excluding carboxylic acids is 1. The maximum atomic E-state index is 10.5. The highest BCUT2D eigenvalue weighted by Gasteiger charge is 2.21. The molecule has 1 amide bonds. The van der Waals surface area contributed by atoms with E-state index in [2.05, 4.69) is 0 Å². The van der Waals surface area contributed by atoms with Gasteiger partial charge in [0.1, 0.15) is 6.61 Å². The monoisotopic (exact) mass is 243 g/mol. The highest BCUT2D eigenvalue weighted by molar-refractivity contribution is 6.31. The fourth-order valence-electron chi connectivity index (χ4n) is 1.44. The molecule has 5 heteroatoms. The van der Waals surface area contributed by atoms with Crippen molar-refractivity contribution in [3.63, 3.8) is 0 Å². The molecular formula is C11H14ClNO3. The molecule has 1 aromatic carbocycles. The highest BCUT2D eigenvalue weighted by Crippen LogP contribution is 2.27. The Labute approximate surface area is 99.0 Å². The molecule has 1 rings (SSSR count). The Bertz CT molecular complexity index is 368. The fraction of sp³-hybridized carbons (Fsp3) is 0.364. The molecule has 0 unspecified atom stereocenters. The minimum Gasteiger partial charge on any atom is -0.449 e. The third kappa shape index (κ3) is 3.40. The topological polar surface area (TPSA) is 72.6 Å². The van der Waals surface area contributed by atoms with Crippen LogP contribution >= 0.6 is 11.6 Å². The molecule has 16 heavy (non-hydrogen) atoms. The Balaban J connectivity index is 2.85. The Morgan fingerprint density at radius 1 is 1.56 bits per heavy atom. The molecule has 2 atom stereocenters. The molecule has 0 heterocycles. The Hall–Kier alpha value is -1.26. The molecule has 0 saturated heterocycles. The van der Waals surface area contributed by atoms with Crippen molar-refractivity contribution in [2.24, 2.45) is 5.73 Å². The van der Waals surface area contributed by atoms with Gasteiger partial charge in [-0.2, -0.15) is 0 Å². The van der Waals surface area contributed by atoms with Gasteiger partial charge in [-0.15, -0.1) is 0 Å². The summed E-state index contributed by atoms with van der Waals surface area (Å²) in [5.41, 5.74) is 5.62. The number of carbonyl (C=O) groups is 1. The van der Waals surface area contributed by atoms with Crippen molar-refractivity contribution < 1.29 is 14.6 Å². The molecule has 1 aromatic rings. The van der Waals surface area contributed by atoms with Gasteiger partial charge in [-0.3, -0.25) is 0 Å². The lowest BCUT2D eigenvalue weighted by Crippen LogP contribution is -2.24. The van der Waals surface area contributed by atoms with E-state index in [1.165, 1.54) is 0 Å². The lowest BCUT2D eigenvalue weighted by atomic mass is 9.95. The van der Waals surface area contributed by atoms with Gasteiger partial charge in [0.25, 0.3) is 0 Å². The molecule has 0 aromatic heterocycles. The van der Waals surface area contributed by atoms with Crippen LogP contribution < -0.4 is 5.73 Å². The first-order valence-electron chi connectivity index (χ1n) is 4.87. The average Bonchev–Trinajstić information content (AvgIpc) is 2.20. The number of nitrogens with two attached hydrogens (primary N) is 1. The predicted molar refractivity (Wildman–Crippen MR) is 61.4 cm³/mol. The van der Waals surface area contributed by atoms with E-state index < -0.39 is 12.2 Å². The second-order valence-electron chi connectivity index (χ2n) is 3.50. The molecule has 0 fully saturated rings. The van der Waals surface area contributed by atoms with E-state index >= 15 is 0 Å². The number of benzene rings is 1. The van der Waals surface area contributed by atoms with Crippen LogP contribution in [0.15, 0.2) is 24.3 Å². The number of aliphatic hydroxyl groups excluding tert-OH is 1. The number of aliphatic hydroxyl groups is 1. The van der Waals surface area contributed by atoms with Crippen molar-refractivity contribution in [2.45, 2.75) is 18.9 Å². The van der Waals surface area contributed by atoms with Crippen molar-refractivity contribution in [1.82, 2.24) is 0 Å². The highest BCUT2D eigenvalue weighted by atomic mass is 35.5. The van der Waals surface area contributed by atoms with Gasteiger partial charge in [-0.1, -0.05) is 29.8 Å². The number of primary amides is 1. The lowest BCUT2D eigenvalue weighted by Gasteiger charge is -2.20. The van der Waals surface area contributed by atoms with Gasteiger partial charge in [0.15, 0.2) is 0 Å². The van der Waals surface area contributed by atoms with Crippen LogP contribution in [0.3, 0.4) is 0 Å². The van der Waals surface area contributed by atoms with Gasteiger partial charge in [0, 0.05) is 10.9 Å². The quantitative estimate of drug-likeness (QED) is 0.848. The number of rotatable bonds is 4. The molecule has 0 bridgehead atoms. The second kappa shape index (κ2) is 5.72. The second-order valence-corrected chi connectivity index (χ2v) is 3.91. The number of halogens is 1. The van der Waals surface area contributed by atoms with Crippen LogP contribution in [0.2, 0.25) is 5.02 Å². The molecule has 4 nitrogen and oxygen atoms in total. The summed E-state index contributed by atoms with van der Waals surface area (Å²) in [5.74, 6) is -0.374. The minimum absolute atomic E-state index is 0.0106. The van der Waals surface area contributed by atoms with Gasteiger partial charge < -0.3 is 15.6 Å². The molecule has 0 aliphatic carbocycles. The van der Waals surface area contributed by atoms with Crippen molar-refractivity contribution in [2.75, 3.05) is 6.61 Å². The van der Waals surface area contributed by atoms with E-state index in [0.717, 1.165) is 5.56 Å². The summed E-state index contributed by atoms with van der Waals surface area (Å²) in [5, 5.41) is 10.1. The fourth-order valence-corrected chi connectivity index (χ4v) is 1.71. The zero-order valence-electron chi connectivity index (χ0n) is 8.89. The maximum absolute atomic E-state index is 10.5. The first-order valence-corrected chi connectivity index (χ1v) is 5.25. The number of ether oxygens (including phenoxy) is 1. The number of amides is 1. The summed E-state index contributed by atoms with van der Waals surface area (Å²) in [6.07, 6.45) is -1.54. The van der Waals surface area contributed by atoms with Gasteiger partial charge in [-0.05, 0) is 18.6 Å². The standard InChI is InChI=1S/C11H14ClNO3/c1-7(14)9(6-16-11(13)15)8-4-2-3-5-10(8)12/h2-5,7,9,14H,6H2,1H3,(H2,13,15)/t7-,9-/m1/s1. The molecule has 88 valence electrons. The van der Waals surface area contributed by atoms with Crippen LogP contribution in [0.1, 0.15) is 18.4 Å². The van der Waals surface area contributed by atoms with Gasteiger partial charge in [0.05, 0.1) is 6.10 Å². The summed E-state index contributed by atoms with van der Waals surface area (Å²) < 4.78 is 4.69. The van der Waals surface area contributed by atoms with Crippen molar-refractivity contribution in [3.8, 4) is 0 Å². The van der Waals surface area contributed by atoms with Gasteiger partial charge in [-0.25, -0.2) is 4.79 Å². The smallest absolute Gasteiger partial charge is 0.404 e. The number of hydrogen-bond acceptors (Lipinski definition) is 3. The van der Waals surface area contributed by atoms with Crippen LogP contribution in [0.5, 0.6) is 0 Å². The third-order valence-corrected chi connectivity index (χ3v) is 2.64. The lowest BCUT2D eigenvalue weighted by molar-refractivity contribution is 0.0994. The van der Waals surface area contributed by atoms with E-state index in [9.17, 15) is 9.90 Å². The van der Waals surface area contributed by atoms with E-state index in [-0.39, 0.29) is 12.5 Å². The molecule has 0 aliphatic heterocycles. The van der Waals surface area contributed by atoms with Crippen LogP contribution in [0.25, 0.3) is 0 Å². The summed E-state index contributed by atoms with van der Waals surface area (Å²) in [6.45, 7) is 1.62. The average molecular weight is 244 g/mol. The third-order valence-electron chi connectivity index (χ3n) is 2.29. The Kier molecular flexibility index (Phi) is 4.58. The van der Waals surface area contributed by atoms with E-state index in [1.807, 2.05) is 0 Å². The zero-order valence-corrected chi connectivity index (χ0v) is 9.65. The van der Waals surface area contributed by atoms with Crippen molar-refractivity contribution in [1.29, 1.82) is 0 Å². The summed E-state index contributed by atoms with van der Waals surface area (Å²) in [7, 11) is 0. The first-order chi connectivity index (χ1) is 7.52. The Morgan fingerprint density at radius 2 is 2.19 bits per heavy atom. The molecule has 0 aliphatic rings. The van der Waals surface area contributed by atoms with Gasteiger partial charge >= 0.3 is 6.09 Å². The Morgan fingerprint density at radius 3 is 2.69 bits per heavy atom.